The summed E-state index contributed by atoms with van der Waals surface area (Å²) in [6, 6.07) is 4.76. The van der Waals surface area contributed by atoms with E-state index in [2.05, 4.69) is 0 Å². The minimum Gasteiger partial charge on any atom is -0.389 e. The molecule has 7 heteroatoms. The molecule has 0 aliphatic carbocycles. The van der Waals surface area contributed by atoms with Crippen molar-refractivity contribution in [1.29, 1.82) is 0 Å². The van der Waals surface area contributed by atoms with Crippen LogP contribution in [0, 0.1) is 10.1 Å². The summed E-state index contributed by atoms with van der Waals surface area (Å²) >= 11 is 0. The van der Waals surface area contributed by atoms with E-state index in [1.54, 1.807) is 19.1 Å². The van der Waals surface area contributed by atoms with Gasteiger partial charge in [-0.25, -0.2) is 0 Å². The Morgan fingerprint density at radius 1 is 1.42 bits per heavy atom. The SMILES string of the molecule is C[C@@H](O)c1ccc(N2CCS(=O)CC2)c([N+](=O)[O-])c1. The monoisotopic (exact) mass is 284 g/mol. The standard InChI is InChI=1S/C12H16N2O4S/c1-9(15)10-2-3-11(12(8-10)14(16)17)13-4-6-19(18)7-5-13/h2-3,8-9,15H,4-7H2,1H3/t9-/m1/s1. The Balaban J connectivity index is 2.34. The highest BCUT2D eigenvalue weighted by atomic mass is 32.2. The van der Waals surface area contributed by atoms with Gasteiger partial charge in [0.1, 0.15) is 5.69 Å². The van der Waals surface area contributed by atoms with Gasteiger partial charge in [-0.2, -0.15) is 0 Å². The molecular formula is C12H16N2O4S. The molecule has 1 atom stereocenters. The molecule has 1 heterocycles. The quantitative estimate of drug-likeness (QED) is 0.666. The van der Waals surface area contributed by atoms with E-state index in [0.29, 0.717) is 35.8 Å². The van der Waals surface area contributed by atoms with Crippen LogP contribution in [0.25, 0.3) is 0 Å². The number of hydrogen-bond donors (Lipinski definition) is 1. The molecule has 0 saturated carbocycles. The summed E-state index contributed by atoms with van der Waals surface area (Å²) in [5.74, 6) is 1.07. The van der Waals surface area contributed by atoms with Crippen LogP contribution in [0.1, 0.15) is 18.6 Å². The first-order valence-corrected chi connectivity index (χ1v) is 7.54. The zero-order chi connectivity index (χ0) is 14.0. The van der Waals surface area contributed by atoms with Gasteiger partial charge < -0.3 is 10.0 Å². The zero-order valence-corrected chi connectivity index (χ0v) is 11.4. The van der Waals surface area contributed by atoms with Crippen LogP contribution in [0.2, 0.25) is 0 Å². The highest BCUT2D eigenvalue weighted by Gasteiger charge is 2.24. The highest BCUT2D eigenvalue weighted by Crippen LogP contribution is 2.31. The number of aliphatic hydroxyl groups excluding tert-OH is 1. The normalized spacial score (nSPS) is 18.3. The summed E-state index contributed by atoms with van der Waals surface area (Å²) < 4.78 is 11.3. The first-order chi connectivity index (χ1) is 8.99. The molecule has 1 aromatic carbocycles. The maximum Gasteiger partial charge on any atom is 0.292 e. The van der Waals surface area contributed by atoms with E-state index in [1.165, 1.54) is 6.07 Å². The van der Waals surface area contributed by atoms with Crippen LogP contribution in [0.4, 0.5) is 11.4 Å². The van der Waals surface area contributed by atoms with Crippen LogP contribution in [-0.2, 0) is 10.8 Å². The molecule has 0 unspecified atom stereocenters. The molecule has 1 aliphatic rings. The van der Waals surface area contributed by atoms with Crippen molar-refractivity contribution in [2.75, 3.05) is 29.5 Å². The number of nitro benzene ring substituents is 1. The molecule has 1 aliphatic heterocycles. The van der Waals surface area contributed by atoms with Crippen molar-refractivity contribution in [3.8, 4) is 0 Å². The van der Waals surface area contributed by atoms with E-state index < -0.39 is 21.8 Å². The van der Waals surface area contributed by atoms with Gasteiger partial charge in [-0.1, -0.05) is 6.07 Å². The van der Waals surface area contributed by atoms with Gasteiger partial charge in [-0.05, 0) is 18.6 Å². The van der Waals surface area contributed by atoms with Gasteiger partial charge in [-0.15, -0.1) is 0 Å². The van der Waals surface area contributed by atoms with Crippen molar-refractivity contribution in [3.63, 3.8) is 0 Å². The Morgan fingerprint density at radius 2 is 2.05 bits per heavy atom. The Bertz CT molecular complexity index is 508. The molecule has 104 valence electrons. The predicted molar refractivity (Wildman–Crippen MR) is 73.8 cm³/mol. The maximum atomic E-state index is 11.3. The molecule has 0 radical (unpaired) electrons. The molecule has 1 aromatic rings. The Hall–Kier alpha value is -1.47. The maximum absolute atomic E-state index is 11.3. The fourth-order valence-electron chi connectivity index (χ4n) is 2.09. The molecule has 2 rings (SSSR count). The smallest absolute Gasteiger partial charge is 0.292 e. The summed E-state index contributed by atoms with van der Waals surface area (Å²) in [5, 5.41) is 20.6. The van der Waals surface area contributed by atoms with Crippen LogP contribution >= 0.6 is 0 Å². The third-order valence-corrected chi connectivity index (χ3v) is 4.47. The Labute approximate surface area is 113 Å². The average Bonchev–Trinajstić information content (AvgIpc) is 2.38. The topological polar surface area (TPSA) is 83.7 Å². The van der Waals surface area contributed by atoms with E-state index in [9.17, 15) is 19.4 Å². The number of hydrogen-bond acceptors (Lipinski definition) is 5. The summed E-state index contributed by atoms with van der Waals surface area (Å²) in [7, 11) is -0.815. The molecule has 0 aromatic heterocycles. The second-order valence-electron chi connectivity index (χ2n) is 4.52. The predicted octanol–water partition coefficient (Wildman–Crippen LogP) is 1.22. The van der Waals surface area contributed by atoms with Crippen LogP contribution in [0.15, 0.2) is 18.2 Å². The Morgan fingerprint density at radius 3 is 2.58 bits per heavy atom. The third kappa shape index (κ3) is 3.10. The number of rotatable bonds is 3. The lowest BCUT2D eigenvalue weighted by atomic mass is 10.1. The second kappa shape index (κ2) is 5.66. The Kier molecular flexibility index (Phi) is 4.16. The minimum atomic E-state index is -0.815. The minimum absolute atomic E-state index is 0.00826. The number of nitro groups is 1. The highest BCUT2D eigenvalue weighted by molar-refractivity contribution is 7.85. The largest absolute Gasteiger partial charge is 0.389 e. The molecule has 0 bridgehead atoms. The first kappa shape index (κ1) is 14.0. The molecule has 1 fully saturated rings. The third-order valence-electron chi connectivity index (χ3n) is 3.20. The lowest BCUT2D eigenvalue weighted by molar-refractivity contribution is -0.384. The van der Waals surface area contributed by atoms with Crippen LogP contribution in [0.3, 0.4) is 0 Å². The molecule has 1 saturated heterocycles. The summed E-state index contributed by atoms with van der Waals surface area (Å²) in [4.78, 5) is 12.6. The number of nitrogens with zero attached hydrogens (tertiary/aromatic N) is 2. The van der Waals surface area contributed by atoms with Crippen molar-refractivity contribution in [1.82, 2.24) is 0 Å². The molecule has 6 nitrogen and oxygen atoms in total. The summed E-state index contributed by atoms with van der Waals surface area (Å²) in [5.41, 5.74) is 1.05. The van der Waals surface area contributed by atoms with Gasteiger partial charge in [0, 0.05) is 41.5 Å². The number of benzene rings is 1. The van der Waals surface area contributed by atoms with Crippen molar-refractivity contribution in [3.05, 3.63) is 33.9 Å². The van der Waals surface area contributed by atoms with Gasteiger partial charge in [0.25, 0.3) is 5.69 Å². The van der Waals surface area contributed by atoms with Crippen LogP contribution in [0.5, 0.6) is 0 Å². The fraction of sp³-hybridized carbons (Fsp3) is 0.500. The van der Waals surface area contributed by atoms with E-state index in [4.69, 9.17) is 0 Å². The van der Waals surface area contributed by atoms with Gasteiger partial charge in [0.15, 0.2) is 0 Å². The molecule has 0 amide bonds. The second-order valence-corrected chi connectivity index (χ2v) is 6.21. The van der Waals surface area contributed by atoms with E-state index in [0.717, 1.165) is 0 Å². The first-order valence-electron chi connectivity index (χ1n) is 6.05. The lowest BCUT2D eigenvalue weighted by Gasteiger charge is -2.28. The molecule has 19 heavy (non-hydrogen) atoms. The van der Waals surface area contributed by atoms with Crippen molar-refractivity contribution in [2.24, 2.45) is 0 Å². The average molecular weight is 284 g/mol. The fourth-order valence-corrected chi connectivity index (χ4v) is 3.14. The van der Waals surface area contributed by atoms with Crippen LogP contribution < -0.4 is 4.90 Å². The summed E-state index contributed by atoms with van der Waals surface area (Å²) in [6.45, 7) is 2.69. The van der Waals surface area contributed by atoms with Gasteiger partial charge in [0.2, 0.25) is 0 Å². The number of aliphatic hydroxyl groups is 1. The zero-order valence-electron chi connectivity index (χ0n) is 10.6. The molecule has 1 N–H and O–H groups in total. The van der Waals surface area contributed by atoms with Crippen molar-refractivity contribution >= 4 is 22.2 Å². The van der Waals surface area contributed by atoms with Gasteiger partial charge in [0.05, 0.1) is 11.0 Å². The van der Waals surface area contributed by atoms with Crippen molar-refractivity contribution < 1.29 is 14.2 Å². The van der Waals surface area contributed by atoms with E-state index >= 15 is 0 Å². The van der Waals surface area contributed by atoms with E-state index in [-0.39, 0.29) is 5.69 Å². The van der Waals surface area contributed by atoms with Crippen molar-refractivity contribution in [2.45, 2.75) is 13.0 Å². The number of anilines is 1. The van der Waals surface area contributed by atoms with Gasteiger partial charge >= 0.3 is 0 Å². The van der Waals surface area contributed by atoms with E-state index in [1.807, 2.05) is 4.90 Å². The van der Waals surface area contributed by atoms with Gasteiger partial charge in [-0.3, -0.25) is 14.3 Å². The van der Waals surface area contributed by atoms with Crippen LogP contribution in [-0.4, -0.2) is 38.8 Å². The molecule has 0 spiro atoms. The molecular weight excluding hydrogens is 268 g/mol. The summed E-state index contributed by atoms with van der Waals surface area (Å²) in [6.07, 6.45) is -0.735. The lowest BCUT2D eigenvalue weighted by Crippen LogP contribution is -2.38.